The molecule has 0 spiro atoms. The quantitative estimate of drug-likeness (QED) is 0.469. The molecule has 7 heteroatoms. The lowest BCUT2D eigenvalue weighted by molar-refractivity contribution is 0.0960. The van der Waals surface area contributed by atoms with E-state index in [1.165, 1.54) is 0 Å². The van der Waals surface area contributed by atoms with Gasteiger partial charge in [-0.15, -0.1) is 0 Å². The molecular weight excluding hydrogens is 366 g/mol. The SMILES string of the molecule is CCCCCn1c2nc3ccccc3nc2c2c(=O)n(CC3CCCO3)cnc21. The lowest BCUT2D eigenvalue weighted by Gasteiger charge is -2.11. The molecule has 1 aromatic carbocycles. The summed E-state index contributed by atoms with van der Waals surface area (Å²) in [5, 5.41) is 0.565. The van der Waals surface area contributed by atoms with Crippen LogP contribution in [0.2, 0.25) is 0 Å². The molecule has 1 aliphatic heterocycles. The van der Waals surface area contributed by atoms with E-state index in [9.17, 15) is 4.79 Å². The topological polar surface area (TPSA) is 74.8 Å². The first-order valence-electron chi connectivity index (χ1n) is 10.5. The standard InChI is InChI=1S/C22H25N5O2/c1-2-3-6-11-27-20-18(19-21(27)25-17-10-5-4-9-16(17)24-19)22(28)26(14-23-20)13-15-8-7-12-29-15/h4-5,9-10,14-15H,2-3,6-8,11-13H2,1H3. The molecule has 1 fully saturated rings. The molecule has 0 bridgehead atoms. The summed E-state index contributed by atoms with van der Waals surface area (Å²) in [5.74, 6) is 0. The minimum absolute atomic E-state index is 0.0608. The van der Waals surface area contributed by atoms with Gasteiger partial charge in [-0.2, -0.15) is 0 Å². The van der Waals surface area contributed by atoms with Crippen molar-refractivity contribution in [2.24, 2.45) is 0 Å². The third-order valence-electron chi connectivity index (χ3n) is 5.73. The van der Waals surface area contributed by atoms with Crippen molar-refractivity contribution in [3.8, 4) is 0 Å². The number of para-hydroxylation sites is 2. The number of ether oxygens (including phenoxy) is 1. The first kappa shape index (κ1) is 18.2. The maximum atomic E-state index is 13.4. The minimum Gasteiger partial charge on any atom is -0.376 e. The smallest absolute Gasteiger partial charge is 0.265 e. The van der Waals surface area contributed by atoms with Gasteiger partial charge in [-0.3, -0.25) is 9.36 Å². The van der Waals surface area contributed by atoms with Crippen molar-refractivity contribution < 1.29 is 4.74 Å². The molecule has 0 N–H and O–H groups in total. The van der Waals surface area contributed by atoms with Crippen LogP contribution < -0.4 is 5.56 Å². The number of hydrogen-bond donors (Lipinski definition) is 0. The predicted octanol–water partition coefficient (Wildman–Crippen LogP) is 3.66. The maximum absolute atomic E-state index is 13.4. The first-order valence-corrected chi connectivity index (χ1v) is 10.5. The molecule has 1 aliphatic rings. The summed E-state index contributed by atoms with van der Waals surface area (Å²) in [5.41, 5.74) is 3.64. The van der Waals surface area contributed by atoms with Crippen LogP contribution in [0.1, 0.15) is 39.0 Å². The Morgan fingerprint density at radius 2 is 1.97 bits per heavy atom. The Kier molecular flexibility index (Phi) is 4.75. The summed E-state index contributed by atoms with van der Waals surface area (Å²) in [6.45, 7) is 4.26. The van der Waals surface area contributed by atoms with Crippen LogP contribution in [0.5, 0.6) is 0 Å². The lowest BCUT2D eigenvalue weighted by atomic mass is 10.2. The molecule has 0 aliphatic carbocycles. The number of aryl methyl sites for hydroxylation is 1. The van der Waals surface area contributed by atoms with Crippen LogP contribution in [0.15, 0.2) is 35.4 Å². The van der Waals surface area contributed by atoms with E-state index >= 15 is 0 Å². The average Bonchev–Trinajstić information content (AvgIpc) is 3.35. The van der Waals surface area contributed by atoms with Gasteiger partial charge in [0.2, 0.25) is 0 Å². The zero-order chi connectivity index (χ0) is 19.8. The van der Waals surface area contributed by atoms with Crippen LogP contribution in [0.25, 0.3) is 33.2 Å². The molecule has 0 amide bonds. The van der Waals surface area contributed by atoms with Gasteiger partial charge in [-0.05, 0) is 31.4 Å². The van der Waals surface area contributed by atoms with Gasteiger partial charge in [0.1, 0.15) is 10.9 Å². The average molecular weight is 391 g/mol. The van der Waals surface area contributed by atoms with Crippen LogP contribution in [-0.4, -0.2) is 36.8 Å². The number of fused-ring (bicyclic) bond motifs is 4. The minimum atomic E-state index is -0.0608. The fourth-order valence-corrected chi connectivity index (χ4v) is 4.21. The third-order valence-corrected chi connectivity index (χ3v) is 5.73. The molecule has 29 heavy (non-hydrogen) atoms. The van der Waals surface area contributed by atoms with E-state index in [1.807, 2.05) is 24.3 Å². The molecule has 7 nitrogen and oxygen atoms in total. The van der Waals surface area contributed by atoms with Crippen molar-refractivity contribution in [2.75, 3.05) is 6.61 Å². The third kappa shape index (κ3) is 3.19. The molecule has 1 saturated heterocycles. The Balaban J connectivity index is 1.73. The lowest BCUT2D eigenvalue weighted by Crippen LogP contribution is -2.26. The van der Waals surface area contributed by atoms with Gasteiger partial charge in [0.05, 0.1) is 30.0 Å². The van der Waals surface area contributed by atoms with E-state index in [2.05, 4.69) is 16.5 Å². The van der Waals surface area contributed by atoms with Crippen molar-refractivity contribution in [1.29, 1.82) is 0 Å². The van der Waals surface area contributed by atoms with Crippen molar-refractivity contribution in [2.45, 2.75) is 58.2 Å². The Hall–Kier alpha value is -2.80. The van der Waals surface area contributed by atoms with Crippen LogP contribution in [0.4, 0.5) is 0 Å². The summed E-state index contributed by atoms with van der Waals surface area (Å²) < 4.78 is 9.46. The molecule has 4 heterocycles. The Morgan fingerprint density at radius 1 is 1.14 bits per heavy atom. The van der Waals surface area contributed by atoms with Gasteiger partial charge in [-0.1, -0.05) is 31.9 Å². The number of unbranched alkanes of at least 4 members (excludes halogenated alkanes) is 2. The highest BCUT2D eigenvalue weighted by Crippen LogP contribution is 2.25. The van der Waals surface area contributed by atoms with E-state index in [0.29, 0.717) is 23.1 Å². The van der Waals surface area contributed by atoms with Crippen molar-refractivity contribution in [1.82, 2.24) is 24.1 Å². The van der Waals surface area contributed by atoms with E-state index in [0.717, 1.165) is 61.9 Å². The maximum Gasteiger partial charge on any atom is 0.265 e. The molecule has 3 aromatic heterocycles. The second-order valence-electron chi connectivity index (χ2n) is 7.78. The molecule has 1 atom stereocenters. The Bertz CT molecular complexity index is 1240. The summed E-state index contributed by atoms with van der Waals surface area (Å²) in [7, 11) is 0. The Labute approximate surface area is 168 Å². The molecule has 5 rings (SSSR count). The van der Waals surface area contributed by atoms with Crippen LogP contribution in [0.3, 0.4) is 0 Å². The van der Waals surface area contributed by atoms with Gasteiger partial charge in [0, 0.05) is 13.2 Å². The van der Waals surface area contributed by atoms with Gasteiger partial charge < -0.3 is 9.30 Å². The fraction of sp³-hybridized carbons (Fsp3) is 0.455. The van der Waals surface area contributed by atoms with Crippen LogP contribution >= 0.6 is 0 Å². The monoisotopic (exact) mass is 391 g/mol. The zero-order valence-corrected chi connectivity index (χ0v) is 16.7. The van der Waals surface area contributed by atoms with Crippen LogP contribution in [-0.2, 0) is 17.8 Å². The van der Waals surface area contributed by atoms with Gasteiger partial charge >= 0.3 is 0 Å². The largest absolute Gasteiger partial charge is 0.376 e. The number of nitrogens with zero attached hydrogens (tertiary/aromatic N) is 5. The van der Waals surface area contributed by atoms with E-state index < -0.39 is 0 Å². The number of rotatable bonds is 6. The number of hydrogen-bond acceptors (Lipinski definition) is 5. The summed E-state index contributed by atoms with van der Waals surface area (Å²) >= 11 is 0. The normalized spacial score (nSPS) is 17.1. The van der Waals surface area contributed by atoms with Crippen LogP contribution in [0, 0.1) is 0 Å². The summed E-state index contributed by atoms with van der Waals surface area (Å²) in [6.07, 6.45) is 7.03. The first-order chi connectivity index (χ1) is 14.3. The molecule has 0 saturated carbocycles. The van der Waals surface area contributed by atoms with E-state index in [4.69, 9.17) is 14.7 Å². The second-order valence-corrected chi connectivity index (χ2v) is 7.78. The molecule has 150 valence electrons. The molecule has 0 radical (unpaired) electrons. The van der Waals surface area contributed by atoms with Gasteiger partial charge in [0.15, 0.2) is 11.3 Å². The molecule has 1 unspecified atom stereocenters. The highest BCUT2D eigenvalue weighted by Gasteiger charge is 2.22. The fourth-order valence-electron chi connectivity index (χ4n) is 4.21. The predicted molar refractivity (Wildman–Crippen MR) is 113 cm³/mol. The van der Waals surface area contributed by atoms with E-state index in [1.54, 1.807) is 10.9 Å². The number of aromatic nitrogens is 5. The molecule has 4 aromatic rings. The summed E-state index contributed by atoms with van der Waals surface area (Å²) in [6, 6.07) is 7.79. The zero-order valence-electron chi connectivity index (χ0n) is 16.7. The highest BCUT2D eigenvalue weighted by atomic mass is 16.5. The van der Waals surface area contributed by atoms with Crippen molar-refractivity contribution >= 4 is 33.2 Å². The van der Waals surface area contributed by atoms with Crippen molar-refractivity contribution in [3.63, 3.8) is 0 Å². The van der Waals surface area contributed by atoms with Gasteiger partial charge in [0.25, 0.3) is 5.56 Å². The van der Waals surface area contributed by atoms with E-state index in [-0.39, 0.29) is 11.7 Å². The second kappa shape index (κ2) is 7.55. The van der Waals surface area contributed by atoms with Crippen molar-refractivity contribution in [3.05, 3.63) is 40.9 Å². The molecular formula is C22H25N5O2. The highest BCUT2D eigenvalue weighted by molar-refractivity contribution is 6.04. The Morgan fingerprint density at radius 3 is 2.72 bits per heavy atom. The van der Waals surface area contributed by atoms with Gasteiger partial charge in [-0.25, -0.2) is 15.0 Å². The number of benzene rings is 1. The summed E-state index contributed by atoms with van der Waals surface area (Å²) in [4.78, 5) is 27.8.